The van der Waals surface area contributed by atoms with Gasteiger partial charge < -0.3 is 9.80 Å². The molecule has 1 atom stereocenters. The quantitative estimate of drug-likeness (QED) is 0.419. The van der Waals surface area contributed by atoms with Crippen LogP contribution in [0.1, 0.15) is 22.8 Å². The standard InChI is InChI=1S/C26H24N6O2/c1-18-17-31(26(33)21-5-3-2-4-6-21)13-14-32(18)25-23-16-27-12-11-22(23)24(29-30-25)20-9-7-19(8-10-20)15-28-34/h2-12,16,18H,13-15,17H2,1H3. The maximum atomic E-state index is 12.9. The molecule has 0 N–H and O–H groups in total. The molecule has 2 aromatic heterocycles. The molecule has 170 valence electrons. The lowest BCUT2D eigenvalue weighted by molar-refractivity contribution is 0.0726. The average molecular weight is 453 g/mol. The minimum atomic E-state index is 0.0493. The third-order valence-electron chi connectivity index (χ3n) is 6.24. The lowest BCUT2D eigenvalue weighted by Gasteiger charge is -2.40. The number of benzene rings is 2. The number of nitrogens with zero attached hydrogens (tertiary/aromatic N) is 6. The Labute approximate surface area is 197 Å². The van der Waals surface area contributed by atoms with E-state index in [2.05, 4.69) is 32.2 Å². The molecule has 0 aliphatic carbocycles. The Morgan fingerprint density at radius 2 is 1.79 bits per heavy atom. The van der Waals surface area contributed by atoms with Gasteiger partial charge in [-0.2, -0.15) is 4.91 Å². The molecule has 3 heterocycles. The van der Waals surface area contributed by atoms with Crippen molar-refractivity contribution in [1.29, 1.82) is 0 Å². The fourth-order valence-corrected chi connectivity index (χ4v) is 4.47. The van der Waals surface area contributed by atoms with Crippen LogP contribution < -0.4 is 4.90 Å². The Bertz CT molecular complexity index is 1330. The van der Waals surface area contributed by atoms with Crippen LogP contribution in [0, 0.1) is 4.91 Å². The van der Waals surface area contributed by atoms with Gasteiger partial charge in [-0.25, -0.2) is 0 Å². The van der Waals surface area contributed by atoms with Gasteiger partial charge >= 0.3 is 0 Å². The Morgan fingerprint density at radius 3 is 2.53 bits per heavy atom. The van der Waals surface area contributed by atoms with Crippen molar-refractivity contribution in [3.05, 3.63) is 89.1 Å². The lowest BCUT2D eigenvalue weighted by atomic mass is 10.0. The highest BCUT2D eigenvalue weighted by atomic mass is 16.3. The van der Waals surface area contributed by atoms with E-state index in [1.54, 1.807) is 6.20 Å². The zero-order chi connectivity index (χ0) is 23.5. The Hall–Kier alpha value is -4.20. The van der Waals surface area contributed by atoms with Crippen molar-refractivity contribution in [1.82, 2.24) is 20.1 Å². The first-order valence-electron chi connectivity index (χ1n) is 11.3. The van der Waals surface area contributed by atoms with Crippen molar-refractivity contribution in [2.75, 3.05) is 24.5 Å². The normalized spacial score (nSPS) is 16.0. The molecule has 0 bridgehead atoms. The summed E-state index contributed by atoms with van der Waals surface area (Å²) in [6, 6.07) is 19.0. The van der Waals surface area contributed by atoms with Crippen LogP contribution in [-0.2, 0) is 6.54 Å². The first-order chi connectivity index (χ1) is 16.7. The SMILES string of the molecule is CC1CN(C(=O)c2ccccc2)CCN1c1nnc(-c2ccc(CN=O)cc2)c2ccncc12. The number of hydrogen-bond donors (Lipinski definition) is 0. The zero-order valence-electron chi connectivity index (χ0n) is 18.8. The van der Waals surface area contributed by atoms with E-state index in [0.717, 1.165) is 33.4 Å². The van der Waals surface area contributed by atoms with E-state index in [1.165, 1.54) is 0 Å². The topological polar surface area (TPSA) is 91.7 Å². The van der Waals surface area contributed by atoms with Crippen LogP contribution in [-0.4, -0.2) is 51.7 Å². The van der Waals surface area contributed by atoms with Gasteiger partial charge in [-0.1, -0.05) is 47.6 Å². The highest BCUT2D eigenvalue weighted by Gasteiger charge is 2.29. The number of carbonyl (C=O) groups is 1. The summed E-state index contributed by atoms with van der Waals surface area (Å²) in [5.74, 6) is 0.821. The predicted molar refractivity (Wildman–Crippen MR) is 131 cm³/mol. The molecule has 1 amide bonds. The number of amides is 1. The van der Waals surface area contributed by atoms with Crippen LogP contribution in [0.5, 0.6) is 0 Å². The van der Waals surface area contributed by atoms with Crippen molar-refractivity contribution in [3.8, 4) is 11.3 Å². The summed E-state index contributed by atoms with van der Waals surface area (Å²) in [5, 5.41) is 14.0. The fourth-order valence-electron chi connectivity index (χ4n) is 4.47. The van der Waals surface area contributed by atoms with Crippen molar-refractivity contribution in [2.45, 2.75) is 19.5 Å². The summed E-state index contributed by atoms with van der Waals surface area (Å²) in [6.07, 6.45) is 3.57. The number of anilines is 1. The first kappa shape index (κ1) is 21.6. The molecule has 8 nitrogen and oxygen atoms in total. The van der Waals surface area contributed by atoms with E-state index in [0.29, 0.717) is 25.2 Å². The Balaban J connectivity index is 1.43. The molecule has 2 aromatic carbocycles. The molecule has 1 aliphatic rings. The van der Waals surface area contributed by atoms with Crippen molar-refractivity contribution in [2.24, 2.45) is 5.18 Å². The number of piperazine rings is 1. The van der Waals surface area contributed by atoms with E-state index < -0.39 is 0 Å². The molecule has 1 unspecified atom stereocenters. The van der Waals surface area contributed by atoms with E-state index in [9.17, 15) is 9.70 Å². The molecule has 0 saturated carbocycles. The van der Waals surface area contributed by atoms with Gasteiger partial charge in [0.15, 0.2) is 5.82 Å². The van der Waals surface area contributed by atoms with Gasteiger partial charge in [0.1, 0.15) is 12.2 Å². The summed E-state index contributed by atoms with van der Waals surface area (Å²) in [7, 11) is 0. The van der Waals surface area contributed by atoms with Crippen LogP contribution in [0.15, 0.2) is 78.2 Å². The van der Waals surface area contributed by atoms with Crippen molar-refractivity contribution in [3.63, 3.8) is 0 Å². The number of hydrogen-bond acceptors (Lipinski definition) is 7. The van der Waals surface area contributed by atoms with Crippen molar-refractivity contribution < 1.29 is 4.79 Å². The minimum Gasteiger partial charge on any atom is -0.348 e. The maximum absolute atomic E-state index is 12.9. The van der Waals surface area contributed by atoms with Crippen LogP contribution in [0.4, 0.5) is 5.82 Å². The smallest absolute Gasteiger partial charge is 0.253 e. The fraction of sp³-hybridized carbons (Fsp3) is 0.231. The molecule has 1 saturated heterocycles. The third kappa shape index (κ3) is 4.10. The summed E-state index contributed by atoms with van der Waals surface area (Å²) in [5.41, 5.74) is 3.23. The summed E-state index contributed by atoms with van der Waals surface area (Å²) < 4.78 is 0. The minimum absolute atomic E-state index is 0.0493. The Morgan fingerprint density at radius 1 is 1.00 bits per heavy atom. The van der Waals surface area contributed by atoms with Gasteiger partial charge in [0.25, 0.3) is 5.91 Å². The molecule has 8 heteroatoms. The molecular formula is C26H24N6O2. The monoisotopic (exact) mass is 452 g/mol. The van der Waals surface area contributed by atoms with Gasteiger partial charge in [-0.05, 0) is 30.7 Å². The van der Waals surface area contributed by atoms with E-state index >= 15 is 0 Å². The molecule has 34 heavy (non-hydrogen) atoms. The highest BCUT2D eigenvalue weighted by molar-refractivity contribution is 6.00. The molecule has 0 spiro atoms. The van der Waals surface area contributed by atoms with E-state index in [1.807, 2.05) is 71.8 Å². The second kappa shape index (κ2) is 9.35. The van der Waals surface area contributed by atoms with E-state index in [4.69, 9.17) is 0 Å². The number of pyridine rings is 1. The number of carbonyl (C=O) groups excluding carboxylic acids is 1. The van der Waals surface area contributed by atoms with Crippen molar-refractivity contribution >= 4 is 22.5 Å². The highest BCUT2D eigenvalue weighted by Crippen LogP contribution is 2.32. The van der Waals surface area contributed by atoms with Crippen LogP contribution in [0.25, 0.3) is 22.0 Å². The number of nitroso groups, excluding NO2 is 1. The van der Waals surface area contributed by atoms with Gasteiger partial charge in [0.2, 0.25) is 0 Å². The number of fused-ring (bicyclic) bond motifs is 1. The predicted octanol–water partition coefficient (Wildman–Crippen LogP) is 4.31. The lowest BCUT2D eigenvalue weighted by Crippen LogP contribution is -2.54. The summed E-state index contributed by atoms with van der Waals surface area (Å²) in [4.78, 5) is 31.9. The first-order valence-corrected chi connectivity index (χ1v) is 11.3. The molecule has 4 aromatic rings. The largest absolute Gasteiger partial charge is 0.348 e. The Kier molecular flexibility index (Phi) is 5.95. The van der Waals surface area contributed by atoms with Gasteiger partial charge in [-0.3, -0.25) is 9.78 Å². The van der Waals surface area contributed by atoms with Gasteiger partial charge in [0, 0.05) is 60.0 Å². The molecular weight excluding hydrogens is 428 g/mol. The van der Waals surface area contributed by atoms with Crippen LogP contribution in [0.2, 0.25) is 0 Å². The zero-order valence-corrected chi connectivity index (χ0v) is 18.8. The van der Waals surface area contributed by atoms with Gasteiger partial charge in [-0.15, -0.1) is 10.2 Å². The molecule has 0 radical (unpaired) electrons. The number of aromatic nitrogens is 3. The van der Waals surface area contributed by atoms with Gasteiger partial charge in [0.05, 0.1) is 0 Å². The summed E-state index contributed by atoms with van der Waals surface area (Å²) in [6.45, 7) is 4.11. The van der Waals surface area contributed by atoms with E-state index in [-0.39, 0.29) is 18.5 Å². The summed E-state index contributed by atoms with van der Waals surface area (Å²) >= 11 is 0. The number of rotatable bonds is 5. The molecule has 5 rings (SSSR count). The maximum Gasteiger partial charge on any atom is 0.253 e. The molecule has 1 aliphatic heterocycles. The third-order valence-corrected chi connectivity index (χ3v) is 6.24. The molecule has 1 fully saturated rings. The van der Waals surface area contributed by atoms with Crippen LogP contribution >= 0.6 is 0 Å². The average Bonchev–Trinajstić information content (AvgIpc) is 2.89. The van der Waals surface area contributed by atoms with Crippen LogP contribution in [0.3, 0.4) is 0 Å². The second-order valence-electron chi connectivity index (χ2n) is 8.44. The second-order valence-corrected chi connectivity index (χ2v) is 8.44.